The van der Waals surface area contributed by atoms with Crippen LogP contribution in [-0.4, -0.2) is 10.2 Å². The molecule has 2 nitrogen and oxygen atoms in total. The Balaban J connectivity index is 1.67. The summed E-state index contributed by atoms with van der Waals surface area (Å²) >= 11 is 1.60. The average Bonchev–Trinajstić information content (AvgIpc) is 2.72. The molecule has 0 saturated carbocycles. The zero-order valence-electron chi connectivity index (χ0n) is 14.5. The second-order valence-corrected chi connectivity index (χ2v) is 7.34. The Morgan fingerprint density at radius 3 is 1.30 bits per heavy atom. The molecule has 132 valence electrons. The average molecular weight is 370 g/mol. The van der Waals surface area contributed by atoms with Crippen LogP contribution in [0.2, 0.25) is 0 Å². The summed E-state index contributed by atoms with van der Waals surface area (Å²) < 4.78 is 0. The van der Waals surface area contributed by atoms with E-state index in [9.17, 15) is 10.2 Å². The van der Waals surface area contributed by atoms with Crippen LogP contribution in [0.4, 0.5) is 0 Å². The number of rotatable bonds is 4. The van der Waals surface area contributed by atoms with Crippen molar-refractivity contribution in [1.29, 1.82) is 0 Å². The van der Waals surface area contributed by atoms with Gasteiger partial charge in [0.2, 0.25) is 0 Å². The normalized spacial score (nSPS) is 10.7. The van der Waals surface area contributed by atoms with Crippen LogP contribution in [0, 0.1) is 0 Å². The predicted molar refractivity (Wildman–Crippen MR) is 111 cm³/mol. The highest BCUT2D eigenvalue weighted by Gasteiger charge is 2.09. The first-order valence-corrected chi connectivity index (χ1v) is 9.47. The maximum Gasteiger partial charge on any atom is 0.123 e. The topological polar surface area (TPSA) is 40.5 Å². The SMILES string of the molecule is Oc1ccc(Sc2ccc(O)c(-c3ccccc3)c2)cc1-c1ccccc1. The van der Waals surface area contributed by atoms with Crippen LogP contribution in [0.3, 0.4) is 0 Å². The van der Waals surface area contributed by atoms with Crippen molar-refractivity contribution in [2.75, 3.05) is 0 Å². The first-order valence-electron chi connectivity index (χ1n) is 8.65. The van der Waals surface area contributed by atoms with Crippen LogP contribution in [0.1, 0.15) is 0 Å². The number of aromatic hydroxyl groups is 2. The summed E-state index contributed by atoms with van der Waals surface area (Å²) in [4.78, 5) is 2.05. The van der Waals surface area contributed by atoms with Gasteiger partial charge in [0.25, 0.3) is 0 Å². The summed E-state index contributed by atoms with van der Waals surface area (Å²) in [7, 11) is 0. The second kappa shape index (κ2) is 7.60. The predicted octanol–water partition coefficient (Wildman–Crippen LogP) is 6.58. The lowest BCUT2D eigenvalue weighted by molar-refractivity contribution is 0.476. The van der Waals surface area contributed by atoms with Crippen LogP contribution in [0.25, 0.3) is 22.3 Å². The van der Waals surface area contributed by atoms with Crippen molar-refractivity contribution in [3.63, 3.8) is 0 Å². The van der Waals surface area contributed by atoms with Gasteiger partial charge in [-0.3, -0.25) is 0 Å². The molecule has 0 atom stereocenters. The summed E-state index contributed by atoms with van der Waals surface area (Å²) in [6, 6.07) is 30.9. The molecule has 0 aliphatic rings. The van der Waals surface area contributed by atoms with E-state index in [1.54, 1.807) is 23.9 Å². The molecule has 27 heavy (non-hydrogen) atoms. The van der Waals surface area contributed by atoms with E-state index in [1.807, 2.05) is 84.9 Å². The lowest BCUT2D eigenvalue weighted by Crippen LogP contribution is -1.83. The monoisotopic (exact) mass is 370 g/mol. The minimum atomic E-state index is 0.265. The molecule has 0 aromatic heterocycles. The second-order valence-electron chi connectivity index (χ2n) is 6.19. The van der Waals surface area contributed by atoms with Gasteiger partial charge >= 0.3 is 0 Å². The molecule has 0 unspecified atom stereocenters. The molecule has 0 aliphatic heterocycles. The molecule has 3 heteroatoms. The molecular formula is C24H18O2S. The van der Waals surface area contributed by atoms with Gasteiger partial charge in [-0.2, -0.15) is 0 Å². The van der Waals surface area contributed by atoms with Crippen molar-refractivity contribution < 1.29 is 10.2 Å². The Hall–Kier alpha value is -3.17. The van der Waals surface area contributed by atoms with Crippen LogP contribution in [-0.2, 0) is 0 Å². The van der Waals surface area contributed by atoms with E-state index in [0.29, 0.717) is 0 Å². The van der Waals surface area contributed by atoms with Crippen molar-refractivity contribution >= 4 is 11.8 Å². The Morgan fingerprint density at radius 2 is 0.889 bits per heavy atom. The highest BCUT2D eigenvalue weighted by molar-refractivity contribution is 7.99. The van der Waals surface area contributed by atoms with Gasteiger partial charge in [-0.15, -0.1) is 0 Å². The van der Waals surface area contributed by atoms with Gasteiger partial charge in [-0.25, -0.2) is 0 Å². The summed E-state index contributed by atoms with van der Waals surface area (Å²) in [5.41, 5.74) is 3.58. The summed E-state index contributed by atoms with van der Waals surface area (Å²) in [6.45, 7) is 0. The van der Waals surface area contributed by atoms with E-state index < -0.39 is 0 Å². The standard InChI is InChI=1S/C24H18O2S/c25-23-13-11-19(15-21(23)17-7-3-1-4-8-17)27-20-12-14-24(26)22(16-20)18-9-5-2-6-10-18/h1-16,25-26H. The van der Waals surface area contributed by atoms with Crippen molar-refractivity contribution in [3.8, 4) is 33.8 Å². The van der Waals surface area contributed by atoms with E-state index in [2.05, 4.69) is 0 Å². The largest absolute Gasteiger partial charge is 0.507 e. The molecule has 0 bridgehead atoms. The molecule has 0 radical (unpaired) electrons. The molecule has 0 aliphatic carbocycles. The maximum absolute atomic E-state index is 10.2. The van der Waals surface area contributed by atoms with E-state index >= 15 is 0 Å². The molecule has 4 aromatic rings. The molecule has 0 fully saturated rings. The van der Waals surface area contributed by atoms with Crippen LogP contribution < -0.4 is 0 Å². The number of phenolic OH excluding ortho intramolecular Hbond substituents is 2. The third-order valence-corrected chi connectivity index (χ3v) is 5.32. The van der Waals surface area contributed by atoms with Crippen molar-refractivity contribution in [3.05, 3.63) is 97.1 Å². The van der Waals surface area contributed by atoms with Crippen LogP contribution >= 0.6 is 11.8 Å². The Labute approximate surface area is 162 Å². The fraction of sp³-hybridized carbons (Fsp3) is 0. The molecule has 4 aromatic carbocycles. The highest BCUT2D eigenvalue weighted by atomic mass is 32.2. The minimum absolute atomic E-state index is 0.265. The third kappa shape index (κ3) is 3.83. The molecule has 0 spiro atoms. The molecule has 4 rings (SSSR count). The minimum Gasteiger partial charge on any atom is -0.507 e. The van der Waals surface area contributed by atoms with Gasteiger partial charge in [-0.1, -0.05) is 72.4 Å². The lowest BCUT2D eigenvalue weighted by atomic mass is 10.1. The van der Waals surface area contributed by atoms with Gasteiger partial charge in [0.05, 0.1) is 0 Å². The fourth-order valence-corrected chi connectivity index (χ4v) is 3.89. The summed E-state index contributed by atoms with van der Waals surface area (Å²) in [5, 5.41) is 20.5. The van der Waals surface area contributed by atoms with Gasteiger partial charge < -0.3 is 10.2 Å². The molecule has 0 heterocycles. The number of hydrogen-bond acceptors (Lipinski definition) is 3. The molecule has 2 N–H and O–H groups in total. The van der Waals surface area contributed by atoms with Crippen molar-refractivity contribution in [1.82, 2.24) is 0 Å². The lowest BCUT2D eigenvalue weighted by Gasteiger charge is -2.10. The van der Waals surface area contributed by atoms with E-state index in [0.717, 1.165) is 32.0 Å². The quantitative estimate of drug-likeness (QED) is 0.426. The van der Waals surface area contributed by atoms with E-state index in [4.69, 9.17) is 0 Å². The van der Waals surface area contributed by atoms with Crippen LogP contribution in [0.5, 0.6) is 11.5 Å². The zero-order chi connectivity index (χ0) is 18.6. The zero-order valence-corrected chi connectivity index (χ0v) is 15.4. The Kier molecular flexibility index (Phi) is 4.86. The summed E-state index contributed by atoms with van der Waals surface area (Å²) in [6.07, 6.45) is 0. The Morgan fingerprint density at radius 1 is 0.481 bits per heavy atom. The number of hydrogen-bond donors (Lipinski definition) is 2. The molecule has 0 amide bonds. The number of phenols is 2. The fourth-order valence-electron chi connectivity index (χ4n) is 2.99. The van der Waals surface area contributed by atoms with Crippen molar-refractivity contribution in [2.45, 2.75) is 9.79 Å². The van der Waals surface area contributed by atoms with E-state index in [1.165, 1.54) is 0 Å². The van der Waals surface area contributed by atoms with Gasteiger partial charge in [0.1, 0.15) is 11.5 Å². The summed E-state index contributed by atoms with van der Waals surface area (Å²) in [5.74, 6) is 0.530. The third-order valence-electron chi connectivity index (χ3n) is 4.34. The maximum atomic E-state index is 10.2. The van der Waals surface area contributed by atoms with Gasteiger partial charge in [0.15, 0.2) is 0 Å². The first kappa shape index (κ1) is 17.3. The first-order chi connectivity index (χ1) is 13.2. The Bertz CT molecular complexity index is 973. The molecular weight excluding hydrogens is 352 g/mol. The van der Waals surface area contributed by atoms with Crippen LogP contribution in [0.15, 0.2) is 107 Å². The molecule has 0 saturated heterocycles. The number of benzene rings is 4. The van der Waals surface area contributed by atoms with Crippen molar-refractivity contribution in [2.24, 2.45) is 0 Å². The van der Waals surface area contributed by atoms with E-state index in [-0.39, 0.29) is 11.5 Å². The van der Waals surface area contributed by atoms with Gasteiger partial charge in [-0.05, 0) is 47.5 Å². The highest BCUT2D eigenvalue weighted by Crippen LogP contribution is 2.39. The smallest absolute Gasteiger partial charge is 0.123 e. The van der Waals surface area contributed by atoms with Gasteiger partial charge in [0, 0.05) is 20.9 Å².